The molecule has 27 heavy (non-hydrogen) atoms. The Morgan fingerprint density at radius 3 is 2.63 bits per heavy atom. The van der Waals surface area contributed by atoms with Crippen LogP contribution in [0, 0.1) is 0 Å². The number of aromatic nitrogens is 1. The molecule has 3 rings (SSSR count). The van der Waals surface area contributed by atoms with Crippen LogP contribution in [0.2, 0.25) is 0 Å². The Balaban J connectivity index is 1.70. The van der Waals surface area contributed by atoms with Crippen LogP contribution in [-0.2, 0) is 6.42 Å². The van der Waals surface area contributed by atoms with Crippen molar-refractivity contribution in [3.05, 3.63) is 84.6 Å². The molecule has 0 aliphatic heterocycles. The van der Waals surface area contributed by atoms with Gasteiger partial charge in [-0.05, 0) is 66.6 Å². The summed E-state index contributed by atoms with van der Waals surface area (Å²) >= 11 is 0. The van der Waals surface area contributed by atoms with Crippen molar-refractivity contribution in [3.63, 3.8) is 0 Å². The first kappa shape index (κ1) is 19.1. The lowest BCUT2D eigenvalue weighted by Crippen LogP contribution is -1.97. The van der Waals surface area contributed by atoms with E-state index in [-0.39, 0.29) is 6.10 Å². The molecular weight excluding hydrogens is 330 g/mol. The number of pyridine rings is 1. The fourth-order valence-corrected chi connectivity index (χ4v) is 3.17. The van der Waals surface area contributed by atoms with Gasteiger partial charge in [0.05, 0.1) is 11.8 Å². The van der Waals surface area contributed by atoms with Gasteiger partial charge in [-0.25, -0.2) is 0 Å². The third kappa shape index (κ3) is 5.38. The Hall–Kier alpha value is -2.71. The minimum Gasteiger partial charge on any atom is -0.393 e. The molecule has 0 bridgehead atoms. The molecule has 0 fully saturated rings. The van der Waals surface area contributed by atoms with Crippen LogP contribution in [-0.4, -0.2) is 16.2 Å². The van der Waals surface area contributed by atoms with Gasteiger partial charge >= 0.3 is 0 Å². The van der Waals surface area contributed by atoms with Crippen LogP contribution in [0.3, 0.4) is 0 Å². The number of rotatable bonds is 8. The molecule has 1 aromatic heterocycles. The summed E-state index contributed by atoms with van der Waals surface area (Å²) in [4.78, 5) is 4.63. The van der Waals surface area contributed by atoms with E-state index in [0.717, 1.165) is 42.5 Å². The van der Waals surface area contributed by atoms with E-state index < -0.39 is 0 Å². The number of benzene rings is 2. The number of aliphatic hydroxyl groups excluding tert-OH is 1. The summed E-state index contributed by atoms with van der Waals surface area (Å²) in [5, 5.41) is 11.7. The first-order chi connectivity index (χ1) is 13.2. The highest BCUT2D eigenvalue weighted by Crippen LogP contribution is 2.24. The Morgan fingerprint density at radius 2 is 1.89 bits per heavy atom. The van der Waals surface area contributed by atoms with Gasteiger partial charge in [-0.3, -0.25) is 4.98 Å². The standard InChI is InChI=1S/C25H27NO/c1-3-7-20-10-12-23-17-24(14-13-22(23)16-20)25-15-11-21(18-26-25)9-6-4-5-8-19(2)27/h3,6,9-19,27H,1,4-5,7-8H2,2H3. The Labute approximate surface area is 161 Å². The summed E-state index contributed by atoms with van der Waals surface area (Å²) < 4.78 is 0. The van der Waals surface area contributed by atoms with Crippen LogP contribution < -0.4 is 0 Å². The lowest BCUT2D eigenvalue weighted by molar-refractivity contribution is 0.182. The summed E-state index contributed by atoms with van der Waals surface area (Å²) in [5.41, 5.74) is 4.50. The third-order valence-electron chi connectivity index (χ3n) is 4.67. The van der Waals surface area contributed by atoms with Gasteiger partial charge in [-0.2, -0.15) is 0 Å². The topological polar surface area (TPSA) is 33.1 Å². The quantitative estimate of drug-likeness (QED) is 0.385. The average Bonchev–Trinajstić information content (AvgIpc) is 2.68. The first-order valence-corrected chi connectivity index (χ1v) is 9.60. The van der Waals surface area contributed by atoms with E-state index in [0.29, 0.717) is 0 Å². The fraction of sp³-hybridized carbons (Fsp3) is 0.240. The highest BCUT2D eigenvalue weighted by molar-refractivity contribution is 5.87. The molecule has 0 saturated heterocycles. The molecule has 0 spiro atoms. The van der Waals surface area contributed by atoms with Crippen LogP contribution in [0.5, 0.6) is 0 Å². The maximum absolute atomic E-state index is 9.27. The van der Waals surface area contributed by atoms with E-state index in [9.17, 15) is 5.11 Å². The summed E-state index contributed by atoms with van der Waals surface area (Å²) in [6.07, 6.45) is 11.6. The van der Waals surface area contributed by atoms with E-state index in [1.165, 1.54) is 16.3 Å². The number of nitrogens with zero attached hydrogens (tertiary/aromatic N) is 1. The molecule has 1 N–H and O–H groups in total. The van der Waals surface area contributed by atoms with Crippen LogP contribution in [0.15, 0.2) is 73.5 Å². The lowest BCUT2D eigenvalue weighted by Gasteiger charge is -2.06. The van der Waals surface area contributed by atoms with Gasteiger partial charge in [0, 0.05) is 11.8 Å². The lowest BCUT2D eigenvalue weighted by atomic mass is 10.0. The number of hydrogen-bond acceptors (Lipinski definition) is 2. The first-order valence-electron chi connectivity index (χ1n) is 9.60. The van der Waals surface area contributed by atoms with Crippen molar-refractivity contribution in [3.8, 4) is 11.3 Å². The van der Waals surface area contributed by atoms with Gasteiger partial charge in [0.25, 0.3) is 0 Å². The molecule has 2 aromatic carbocycles. The molecule has 1 unspecified atom stereocenters. The molecule has 0 aliphatic carbocycles. The molecule has 0 aliphatic rings. The molecule has 0 saturated carbocycles. The molecule has 138 valence electrons. The molecule has 2 heteroatoms. The maximum atomic E-state index is 9.27. The second-order valence-corrected chi connectivity index (χ2v) is 7.05. The molecule has 0 amide bonds. The van der Waals surface area contributed by atoms with Crippen LogP contribution in [0.25, 0.3) is 28.1 Å². The predicted molar refractivity (Wildman–Crippen MR) is 116 cm³/mol. The second kappa shape index (κ2) is 9.29. The zero-order valence-corrected chi connectivity index (χ0v) is 15.9. The molecule has 2 nitrogen and oxygen atoms in total. The zero-order valence-electron chi connectivity index (χ0n) is 15.9. The summed E-state index contributed by atoms with van der Waals surface area (Å²) in [5.74, 6) is 0. The molecule has 1 atom stereocenters. The largest absolute Gasteiger partial charge is 0.393 e. The summed E-state index contributed by atoms with van der Waals surface area (Å²) in [6, 6.07) is 17.2. The van der Waals surface area contributed by atoms with Crippen molar-refractivity contribution in [1.82, 2.24) is 4.98 Å². The smallest absolute Gasteiger partial charge is 0.0702 e. The average molecular weight is 357 g/mol. The monoisotopic (exact) mass is 357 g/mol. The van der Waals surface area contributed by atoms with E-state index in [2.05, 4.69) is 72.2 Å². The van der Waals surface area contributed by atoms with Gasteiger partial charge in [0.2, 0.25) is 0 Å². The zero-order chi connectivity index (χ0) is 19.1. The molecular formula is C25H27NO. The molecule has 3 aromatic rings. The second-order valence-electron chi connectivity index (χ2n) is 7.05. The Kier molecular flexibility index (Phi) is 6.56. The molecule has 1 heterocycles. The van der Waals surface area contributed by atoms with Gasteiger partial charge in [-0.1, -0.05) is 54.6 Å². The van der Waals surface area contributed by atoms with Crippen molar-refractivity contribution in [2.45, 2.75) is 38.7 Å². The highest BCUT2D eigenvalue weighted by atomic mass is 16.3. The predicted octanol–water partition coefficient (Wildman–Crippen LogP) is 6.19. The Morgan fingerprint density at radius 1 is 1.07 bits per heavy atom. The number of fused-ring (bicyclic) bond motifs is 1. The maximum Gasteiger partial charge on any atom is 0.0702 e. The number of hydrogen-bond donors (Lipinski definition) is 1. The minimum atomic E-state index is -0.213. The van der Waals surface area contributed by atoms with Gasteiger partial charge in [0.1, 0.15) is 0 Å². The fourth-order valence-electron chi connectivity index (χ4n) is 3.17. The van der Waals surface area contributed by atoms with E-state index in [1.807, 2.05) is 19.2 Å². The summed E-state index contributed by atoms with van der Waals surface area (Å²) in [7, 11) is 0. The minimum absolute atomic E-state index is 0.213. The van der Waals surface area contributed by atoms with Crippen molar-refractivity contribution in [1.29, 1.82) is 0 Å². The number of unbranched alkanes of at least 4 members (excludes halogenated alkanes) is 1. The van der Waals surface area contributed by atoms with Gasteiger partial charge in [-0.15, -0.1) is 6.58 Å². The number of aliphatic hydroxyl groups is 1. The Bertz CT molecular complexity index is 923. The van der Waals surface area contributed by atoms with E-state index in [4.69, 9.17) is 0 Å². The summed E-state index contributed by atoms with van der Waals surface area (Å²) in [6.45, 7) is 5.64. The van der Waals surface area contributed by atoms with Crippen molar-refractivity contribution >= 4 is 16.8 Å². The number of allylic oxidation sites excluding steroid dienone is 2. The van der Waals surface area contributed by atoms with Crippen molar-refractivity contribution < 1.29 is 5.11 Å². The highest BCUT2D eigenvalue weighted by Gasteiger charge is 2.02. The van der Waals surface area contributed by atoms with E-state index in [1.54, 1.807) is 0 Å². The van der Waals surface area contributed by atoms with Gasteiger partial charge < -0.3 is 5.11 Å². The van der Waals surface area contributed by atoms with Crippen molar-refractivity contribution in [2.75, 3.05) is 0 Å². The van der Waals surface area contributed by atoms with Crippen LogP contribution >= 0.6 is 0 Å². The van der Waals surface area contributed by atoms with E-state index >= 15 is 0 Å². The van der Waals surface area contributed by atoms with Crippen LogP contribution in [0.1, 0.15) is 37.3 Å². The van der Waals surface area contributed by atoms with Gasteiger partial charge in [0.15, 0.2) is 0 Å². The normalized spacial score (nSPS) is 12.5. The SMILES string of the molecule is C=CCc1ccc2cc(-c3ccc(C=CCCCC(C)O)cn3)ccc2c1. The molecule has 0 radical (unpaired) electrons. The van der Waals surface area contributed by atoms with Crippen molar-refractivity contribution in [2.24, 2.45) is 0 Å². The van der Waals surface area contributed by atoms with Crippen LogP contribution in [0.4, 0.5) is 0 Å². The third-order valence-corrected chi connectivity index (χ3v) is 4.67.